The second-order valence-corrected chi connectivity index (χ2v) is 6.03. The number of allylic oxidation sites excluding steroid dienone is 2. The van der Waals surface area contributed by atoms with E-state index in [0.717, 1.165) is 23.8 Å². The van der Waals surface area contributed by atoms with Gasteiger partial charge in [0.1, 0.15) is 0 Å². The Labute approximate surface area is 99.1 Å². The van der Waals surface area contributed by atoms with E-state index < -0.39 is 0 Å². The minimum Gasteiger partial charge on any atom is -0.314 e. The zero-order valence-corrected chi connectivity index (χ0v) is 10.4. The first-order valence-electron chi connectivity index (χ1n) is 6.91. The molecule has 0 spiro atoms. The summed E-state index contributed by atoms with van der Waals surface area (Å²) in [5.41, 5.74) is 0. The van der Waals surface area contributed by atoms with Crippen LogP contribution in [-0.2, 0) is 0 Å². The van der Waals surface area contributed by atoms with Gasteiger partial charge in [-0.3, -0.25) is 0 Å². The molecule has 1 saturated carbocycles. The topological polar surface area (TPSA) is 15.3 Å². The molecule has 2 fully saturated rings. The predicted octanol–water partition coefficient (Wildman–Crippen LogP) is 1.88. The van der Waals surface area contributed by atoms with E-state index in [0.29, 0.717) is 0 Å². The molecule has 0 amide bonds. The van der Waals surface area contributed by atoms with Crippen molar-refractivity contribution in [1.29, 1.82) is 0 Å². The summed E-state index contributed by atoms with van der Waals surface area (Å²) >= 11 is 0. The SMILES string of the molecule is CN1CCC(NCC2CC3C=CC2C3)CC1. The summed E-state index contributed by atoms with van der Waals surface area (Å²) in [5, 5.41) is 3.81. The summed E-state index contributed by atoms with van der Waals surface area (Å²) in [7, 11) is 2.23. The van der Waals surface area contributed by atoms with Crippen molar-refractivity contribution in [2.75, 3.05) is 26.7 Å². The summed E-state index contributed by atoms with van der Waals surface area (Å²) in [4.78, 5) is 2.44. The van der Waals surface area contributed by atoms with Gasteiger partial charge in [-0.25, -0.2) is 0 Å². The third kappa shape index (κ3) is 2.18. The summed E-state index contributed by atoms with van der Waals surface area (Å²) in [6.45, 7) is 3.81. The highest BCUT2D eigenvalue weighted by atomic mass is 15.1. The molecular weight excluding hydrogens is 196 g/mol. The van der Waals surface area contributed by atoms with Crippen LogP contribution in [-0.4, -0.2) is 37.6 Å². The second kappa shape index (κ2) is 4.50. The number of nitrogens with one attached hydrogen (secondary N) is 1. The number of likely N-dealkylation sites (tertiary alicyclic amines) is 1. The van der Waals surface area contributed by atoms with E-state index in [4.69, 9.17) is 0 Å². The number of hydrogen-bond donors (Lipinski definition) is 1. The first-order chi connectivity index (χ1) is 7.81. The smallest absolute Gasteiger partial charge is 0.00915 e. The molecule has 1 saturated heterocycles. The standard InChI is InChI=1S/C14H24N2/c1-16-6-4-14(5-7-16)15-10-13-9-11-2-3-12(13)8-11/h2-3,11-15H,4-10H2,1H3. The van der Waals surface area contributed by atoms with Crippen LogP contribution < -0.4 is 5.32 Å². The van der Waals surface area contributed by atoms with Gasteiger partial charge in [-0.15, -0.1) is 0 Å². The van der Waals surface area contributed by atoms with Gasteiger partial charge < -0.3 is 10.2 Å². The third-order valence-corrected chi connectivity index (χ3v) is 4.80. The third-order valence-electron chi connectivity index (χ3n) is 4.80. The predicted molar refractivity (Wildman–Crippen MR) is 67.4 cm³/mol. The Bertz CT molecular complexity index is 266. The molecule has 2 heteroatoms. The van der Waals surface area contributed by atoms with Gasteiger partial charge in [0, 0.05) is 6.04 Å². The van der Waals surface area contributed by atoms with Crippen LogP contribution in [0.25, 0.3) is 0 Å². The highest BCUT2D eigenvalue weighted by Gasteiger charge is 2.35. The Hall–Kier alpha value is -0.340. The fourth-order valence-corrected chi connectivity index (χ4v) is 3.66. The lowest BCUT2D eigenvalue weighted by Gasteiger charge is -2.31. The molecule has 2 nitrogen and oxygen atoms in total. The molecule has 3 aliphatic rings. The van der Waals surface area contributed by atoms with Crippen LogP contribution in [0.1, 0.15) is 25.7 Å². The van der Waals surface area contributed by atoms with Gasteiger partial charge >= 0.3 is 0 Å². The molecule has 1 N–H and O–H groups in total. The first kappa shape index (κ1) is 10.8. The van der Waals surface area contributed by atoms with Crippen LogP contribution in [0.4, 0.5) is 0 Å². The zero-order valence-electron chi connectivity index (χ0n) is 10.4. The van der Waals surface area contributed by atoms with Gasteiger partial charge in [0.05, 0.1) is 0 Å². The van der Waals surface area contributed by atoms with Crippen molar-refractivity contribution < 1.29 is 0 Å². The Balaban J connectivity index is 1.42. The van der Waals surface area contributed by atoms with E-state index in [1.807, 2.05) is 0 Å². The van der Waals surface area contributed by atoms with E-state index in [1.165, 1.54) is 45.3 Å². The number of fused-ring (bicyclic) bond motifs is 2. The number of piperidine rings is 1. The zero-order chi connectivity index (χ0) is 11.0. The van der Waals surface area contributed by atoms with E-state index >= 15 is 0 Å². The summed E-state index contributed by atoms with van der Waals surface area (Å²) in [6.07, 6.45) is 10.5. The minimum absolute atomic E-state index is 0.791. The van der Waals surface area contributed by atoms with Gasteiger partial charge in [-0.05, 0) is 70.1 Å². The van der Waals surface area contributed by atoms with Crippen molar-refractivity contribution in [1.82, 2.24) is 10.2 Å². The monoisotopic (exact) mass is 220 g/mol. The quantitative estimate of drug-likeness (QED) is 0.731. The Morgan fingerprint density at radius 3 is 2.62 bits per heavy atom. The van der Waals surface area contributed by atoms with Crippen LogP contribution in [0.15, 0.2) is 12.2 Å². The fourth-order valence-electron chi connectivity index (χ4n) is 3.66. The Morgan fingerprint density at radius 1 is 1.19 bits per heavy atom. The molecule has 1 heterocycles. The van der Waals surface area contributed by atoms with Gasteiger partial charge in [-0.1, -0.05) is 12.2 Å². The maximum absolute atomic E-state index is 3.81. The van der Waals surface area contributed by atoms with Gasteiger partial charge in [0.25, 0.3) is 0 Å². The van der Waals surface area contributed by atoms with Crippen LogP contribution in [0, 0.1) is 17.8 Å². The molecule has 90 valence electrons. The summed E-state index contributed by atoms with van der Waals surface area (Å²) in [6, 6.07) is 0.791. The maximum Gasteiger partial charge on any atom is 0.00915 e. The molecule has 3 rings (SSSR count). The van der Waals surface area contributed by atoms with Crippen LogP contribution in [0.5, 0.6) is 0 Å². The van der Waals surface area contributed by atoms with Crippen LogP contribution in [0.3, 0.4) is 0 Å². The molecule has 1 aliphatic heterocycles. The maximum atomic E-state index is 3.81. The number of hydrogen-bond acceptors (Lipinski definition) is 2. The average Bonchev–Trinajstić information content (AvgIpc) is 2.90. The van der Waals surface area contributed by atoms with Crippen molar-refractivity contribution in [3.8, 4) is 0 Å². The van der Waals surface area contributed by atoms with Crippen molar-refractivity contribution in [3.63, 3.8) is 0 Å². The minimum atomic E-state index is 0.791. The molecule has 0 aromatic heterocycles. The Morgan fingerprint density at radius 2 is 2.00 bits per heavy atom. The molecule has 16 heavy (non-hydrogen) atoms. The lowest BCUT2D eigenvalue weighted by molar-refractivity contribution is 0.227. The van der Waals surface area contributed by atoms with Gasteiger partial charge in [-0.2, -0.15) is 0 Å². The van der Waals surface area contributed by atoms with Crippen molar-refractivity contribution in [2.45, 2.75) is 31.7 Å². The van der Waals surface area contributed by atoms with E-state index in [1.54, 1.807) is 0 Å². The molecule has 0 aromatic carbocycles. The van der Waals surface area contributed by atoms with Gasteiger partial charge in [0.2, 0.25) is 0 Å². The normalized spacial score (nSPS) is 39.7. The summed E-state index contributed by atoms with van der Waals surface area (Å²) in [5.74, 6) is 2.77. The highest BCUT2D eigenvalue weighted by Crippen LogP contribution is 2.43. The average molecular weight is 220 g/mol. The van der Waals surface area contributed by atoms with Crippen LogP contribution in [0.2, 0.25) is 0 Å². The number of rotatable bonds is 3. The van der Waals surface area contributed by atoms with Crippen LogP contribution >= 0.6 is 0 Å². The highest BCUT2D eigenvalue weighted by molar-refractivity contribution is 5.10. The van der Waals surface area contributed by atoms with Crippen molar-refractivity contribution >= 4 is 0 Å². The van der Waals surface area contributed by atoms with Crippen molar-refractivity contribution in [2.24, 2.45) is 17.8 Å². The molecule has 3 unspecified atom stereocenters. The first-order valence-corrected chi connectivity index (χ1v) is 6.91. The van der Waals surface area contributed by atoms with E-state index in [-0.39, 0.29) is 0 Å². The lowest BCUT2D eigenvalue weighted by atomic mass is 9.93. The van der Waals surface area contributed by atoms with Gasteiger partial charge in [0.15, 0.2) is 0 Å². The Kier molecular flexibility index (Phi) is 3.03. The molecule has 0 radical (unpaired) electrons. The lowest BCUT2D eigenvalue weighted by Crippen LogP contribution is -2.42. The largest absolute Gasteiger partial charge is 0.314 e. The van der Waals surface area contributed by atoms with Crippen molar-refractivity contribution in [3.05, 3.63) is 12.2 Å². The molecule has 2 bridgehead atoms. The van der Waals surface area contributed by atoms with E-state index in [2.05, 4.69) is 29.4 Å². The molecule has 0 aromatic rings. The molecule has 3 atom stereocenters. The fraction of sp³-hybridized carbons (Fsp3) is 0.857. The van der Waals surface area contributed by atoms with E-state index in [9.17, 15) is 0 Å². The second-order valence-electron chi connectivity index (χ2n) is 6.03. The summed E-state index contributed by atoms with van der Waals surface area (Å²) < 4.78 is 0. The molecular formula is C14H24N2. The molecule has 2 aliphatic carbocycles. The number of nitrogens with zero attached hydrogens (tertiary/aromatic N) is 1.